The molecule has 108 valence electrons. The van der Waals surface area contributed by atoms with Crippen LogP contribution in [0.3, 0.4) is 0 Å². The molecule has 2 N–H and O–H groups in total. The van der Waals surface area contributed by atoms with Crippen LogP contribution >= 0.6 is 0 Å². The first-order chi connectivity index (χ1) is 10.1. The number of Topliss-reactive ketones (excluding diaryl/α,β-unsaturated/α-hetero) is 1. The zero-order chi connectivity index (χ0) is 15.2. The molecule has 21 heavy (non-hydrogen) atoms. The lowest BCUT2D eigenvalue weighted by molar-refractivity contribution is 0.101. The number of nitrogens with one attached hydrogen (secondary N) is 2. The number of aryl methyl sites for hydroxylation is 1. The lowest BCUT2D eigenvalue weighted by Gasteiger charge is -2.12. The van der Waals surface area contributed by atoms with E-state index in [-0.39, 0.29) is 11.8 Å². The van der Waals surface area contributed by atoms with Gasteiger partial charge in [0.1, 0.15) is 0 Å². The second-order valence-corrected chi connectivity index (χ2v) is 4.69. The van der Waals surface area contributed by atoms with Gasteiger partial charge in [-0.25, -0.2) is 4.79 Å². The first-order valence-electron chi connectivity index (χ1n) is 6.87. The molecular formula is C17H18N2O2. The lowest BCUT2D eigenvalue weighted by atomic mass is 10.1. The number of carbonyl (C=O) groups excluding carboxylic acids is 2. The van der Waals surface area contributed by atoms with Gasteiger partial charge in [-0.1, -0.05) is 37.3 Å². The molecular weight excluding hydrogens is 264 g/mol. The molecule has 0 fully saturated rings. The Hall–Kier alpha value is -2.62. The van der Waals surface area contributed by atoms with Gasteiger partial charge in [-0.15, -0.1) is 0 Å². The fraction of sp³-hybridized carbons (Fsp3) is 0.176. The summed E-state index contributed by atoms with van der Waals surface area (Å²) in [7, 11) is 0. The molecule has 0 atom stereocenters. The number of hydrogen-bond acceptors (Lipinski definition) is 2. The number of para-hydroxylation sites is 2. The Morgan fingerprint density at radius 2 is 1.48 bits per heavy atom. The van der Waals surface area contributed by atoms with Crippen LogP contribution < -0.4 is 10.6 Å². The van der Waals surface area contributed by atoms with Crippen LogP contribution in [-0.2, 0) is 6.42 Å². The van der Waals surface area contributed by atoms with Crippen molar-refractivity contribution in [3.05, 3.63) is 59.7 Å². The summed E-state index contributed by atoms with van der Waals surface area (Å²) in [5, 5.41) is 5.54. The van der Waals surface area contributed by atoms with Gasteiger partial charge >= 0.3 is 6.03 Å². The molecule has 0 heterocycles. The predicted octanol–water partition coefficient (Wildman–Crippen LogP) is 4.10. The van der Waals surface area contributed by atoms with Crippen LogP contribution in [0.1, 0.15) is 29.8 Å². The molecule has 0 saturated heterocycles. The van der Waals surface area contributed by atoms with Crippen molar-refractivity contribution in [3.63, 3.8) is 0 Å². The van der Waals surface area contributed by atoms with Crippen LogP contribution in [0.4, 0.5) is 16.2 Å². The van der Waals surface area contributed by atoms with Crippen molar-refractivity contribution in [1.82, 2.24) is 0 Å². The minimum atomic E-state index is -0.357. The molecule has 2 amide bonds. The Balaban J connectivity index is 2.14. The maximum atomic E-state index is 12.1. The summed E-state index contributed by atoms with van der Waals surface area (Å²) in [6.07, 6.45) is 0.834. The first kappa shape index (κ1) is 14.8. The Morgan fingerprint density at radius 3 is 2.14 bits per heavy atom. The van der Waals surface area contributed by atoms with Crippen molar-refractivity contribution >= 4 is 23.2 Å². The smallest absolute Gasteiger partial charge is 0.307 e. The van der Waals surface area contributed by atoms with Crippen LogP contribution in [0.15, 0.2) is 48.5 Å². The van der Waals surface area contributed by atoms with E-state index in [1.54, 1.807) is 24.3 Å². The molecule has 0 bridgehead atoms. The molecule has 0 spiro atoms. The summed E-state index contributed by atoms with van der Waals surface area (Å²) >= 11 is 0. The second-order valence-electron chi connectivity index (χ2n) is 4.69. The molecule has 0 aliphatic carbocycles. The highest BCUT2D eigenvalue weighted by atomic mass is 16.2. The van der Waals surface area contributed by atoms with Crippen molar-refractivity contribution < 1.29 is 9.59 Å². The average Bonchev–Trinajstić information content (AvgIpc) is 2.48. The standard InChI is InChI=1S/C17H18N2O2/c1-3-13-8-4-6-10-15(13)18-17(21)19-16-11-7-5-9-14(16)12(2)20/h4-11H,3H2,1-2H3,(H2,18,19,21). The van der Waals surface area contributed by atoms with Crippen LogP contribution in [0.2, 0.25) is 0 Å². The molecule has 0 unspecified atom stereocenters. The Morgan fingerprint density at radius 1 is 0.905 bits per heavy atom. The summed E-state index contributed by atoms with van der Waals surface area (Å²) in [6, 6.07) is 14.2. The first-order valence-corrected chi connectivity index (χ1v) is 6.87. The number of amides is 2. The van der Waals surface area contributed by atoms with Gasteiger partial charge in [-0.2, -0.15) is 0 Å². The fourth-order valence-corrected chi connectivity index (χ4v) is 2.13. The van der Waals surface area contributed by atoms with Gasteiger partial charge in [-0.05, 0) is 37.1 Å². The molecule has 0 aliphatic rings. The van der Waals surface area contributed by atoms with Gasteiger partial charge in [0.05, 0.1) is 5.69 Å². The lowest BCUT2D eigenvalue weighted by Crippen LogP contribution is -2.21. The van der Waals surface area contributed by atoms with Gasteiger partial charge in [-0.3, -0.25) is 4.79 Å². The maximum absolute atomic E-state index is 12.1. The third-order valence-corrected chi connectivity index (χ3v) is 3.20. The highest BCUT2D eigenvalue weighted by Crippen LogP contribution is 2.18. The van der Waals surface area contributed by atoms with Gasteiger partial charge < -0.3 is 10.6 Å². The number of ketones is 1. The Bertz CT molecular complexity index is 665. The quantitative estimate of drug-likeness (QED) is 0.830. The molecule has 2 aromatic carbocycles. The van der Waals surface area contributed by atoms with E-state index in [0.29, 0.717) is 11.3 Å². The third kappa shape index (κ3) is 3.69. The molecule has 4 heteroatoms. The number of urea groups is 1. The van der Waals surface area contributed by atoms with E-state index in [0.717, 1.165) is 17.7 Å². The fourth-order valence-electron chi connectivity index (χ4n) is 2.13. The minimum Gasteiger partial charge on any atom is -0.307 e. The number of anilines is 2. The number of carbonyl (C=O) groups is 2. The van der Waals surface area contributed by atoms with Crippen molar-refractivity contribution in [2.75, 3.05) is 10.6 Å². The molecule has 0 aliphatic heterocycles. The van der Waals surface area contributed by atoms with Crippen LogP contribution in [0, 0.1) is 0 Å². The average molecular weight is 282 g/mol. The molecule has 0 saturated carbocycles. The largest absolute Gasteiger partial charge is 0.323 e. The van der Waals surface area contributed by atoms with Gasteiger partial charge in [0, 0.05) is 11.3 Å². The van der Waals surface area contributed by atoms with E-state index in [1.807, 2.05) is 31.2 Å². The monoisotopic (exact) mass is 282 g/mol. The Kier molecular flexibility index (Phi) is 4.72. The minimum absolute atomic E-state index is 0.0835. The Labute approximate surface area is 124 Å². The summed E-state index contributed by atoms with van der Waals surface area (Å²) in [4.78, 5) is 23.6. The summed E-state index contributed by atoms with van der Waals surface area (Å²) < 4.78 is 0. The van der Waals surface area contributed by atoms with E-state index in [9.17, 15) is 9.59 Å². The van der Waals surface area contributed by atoms with Crippen molar-refractivity contribution in [2.24, 2.45) is 0 Å². The van der Waals surface area contributed by atoms with Crippen LogP contribution in [0.25, 0.3) is 0 Å². The highest BCUT2D eigenvalue weighted by molar-refractivity contribution is 6.06. The van der Waals surface area contributed by atoms with E-state index < -0.39 is 0 Å². The van der Waals surface area contributed by atoms with Gasteiger partial charge in [0.25, 0.3) is 0 Å². The van der Waals surface area contributed by atoms with E-state index in [1.165, 1.54) is 6.92 Å². The maximum Gasteiger partial charge on any atom is 0.323 e. The molecule has 0 aromatic heterocycles. The summed E-state index contributed by atoms with van der Waals surface area (Å²) in [5.41, 5.74) is 2.85. The molecule has 2 rings (SSSR count). The van der Waals surface area contributed by atoms with Crippen LogP contribution in [0.5, 0.6) is 0 Å². The van der Waals surface area contributed by atoms with Gasteiger partial charge in [0.15, 0.2) is 5.78 Å². The second kappa shape index (κ2) is 6.70. The van der Waals surface area contributed by atoms with Crippen LogP contribution in [-0.4, -0.2) is 11.8 Å². The number of benzene rings is 2. The SMILES string of the molecule is CCc1ccccc1NC(=O)Nc1ccccc1C(C)=O. The highest BCUT2D eigenvalue weighted by Gasteiger charge is 2.10. The van der Waals surface area contributed by atoms with E-state index in [2.05, 4.69) is 10.6 Å². The molecule has 4 nitrogen and oxygen atoms in total. The molecule has 0 radical (unpaired) electrons. The predicted molar refractivity (Wildman–Crippen MR) is 84.9 cm³/mol. The third-order valence-electron chi connectivity index (χ3n) is 3.20. The van der Waals surface area contributed by atoms with E-state index in [4.69, 9.17) is 0 Å². The zero-order valence-corrected chi connectivity index (χ0v) is 12.1. The summed E-state index contributed by atoms with van der Waals surface area (Å²) in [5.74, 6) is -0.0835. The summed E-state index contributed by atoms with van der Waals surface area (Å²) in [6.45, 7) is 3.51. The van der Waals surface area contributed by atoms with Crippen molar-refractivity contribution in [3.8, 4) is 0 Å². The number of rotatable bonds is 4. The molecule has 2 aromatic rings. The van der Waals surface area contributed by atoms with Gasteiger partial charge in [0.2, 0.25) is 0 Å². The van der Waals surface area contributed by atoms with Crippen molar-refractivity contribution in [1.29, 1.82) is 0 Å². The van der Waals surface area contributed by atoms with E-state index >= 15 is 0 Å². The normalized spacial score (nSPS) is 10.0. The topological polar surface area (TPSA) is 58.2 Å². The zero-order valence-electron chi connectivity index (χ0n) is 12.1. The number of hydrogen-bond donors (Lipinski definition) is 2. The van der Waals surface area contributed by atoms with Crippen molar-refractivity contribution in [2.45, 2.75) is 20.3 Å².